The molecule has 0 saturated heterocycles. The van der Waals surface area contributed by atoms with Gasteiger partial charge in [0, 0.05) is 6.04 Å². The first-order valence-electron chi connectivity index (χ1n) is 7.07. The summed E-state index contributed by atoms with van der Waals surface area (Å²) < 4.78 is 33.0. The van der Waals surface area contributed by atoms with E-state index in [2.05, 4.69) is 18.6 Å². The van der Waals surface area contributed by atoms with Gasteiger partial charge in [0.15, 0.2) is 0 Å². The summed E-state index contributed by atoms with van der Waals surface area (Å²) in [7, 11) is -2.19. The zero-order chi connectivity index (χ0) is 15.7. The molecule has 1 fully saturated rings. The number of rotatable bonds is 5. The molecule has 1 aliphatic carbocycles. The van der Waals surface area contributed by atoms with E-state index in [1.807, 2.05) is 0 Å². The van der Waals surface area contributed by atoms with Gasteiger partial charge in [0.25, 0.3) is 0 Å². The van der Waals surface area contributed by atoms with Gasteiger partial charge in [-0.2, -0.15) is 0 Å². The Morgan fingerprint density at radius 1 is 1.43 bits per heavy atom. The SMILES string of the molecule is COc1cc(CO)ccc1S(=O)(=O)NC1CCC(C)(C)C1. The number of ether oxygens (including phenoxy) is 1. The lowest BCUT2D eigenvalue weighted by atomic mass is 9.92. The highest BCUT2D eigenvalue weighted by Gasteiger charge is 2.34. The van der Waals surface area contributed by atoms with Gasteiger partial charge in [-0.1, -0.05) is 19.9 Å². The van der Waals surface area contributed by atoms with Gasteiger partial charge in [0.2, 0.25) is 10.0 Å². The number of hydrogen-bond donors (Lipinski definition) is 2. The average molecular weight is 313 g/mol. The van der Waals surface area contributed by atoms with E-state index in [9.17, 15) is 8.42 Å². The second-order valence-electron chi connectivity index (χ2n) is 6.37. The lowest BCUT2D eigenvalue weighted by Gasteiger charge is -2.18. The fourth-order valence-corrected chi connectivity index (χ4v) is 4.27. The summed E-state index contributed by atoms with van der Waals surface area (Å²) in [4.78, 5) is 0.118. The summed E-state index contributed by atoms with van der Waals surface area (Å²) in [6.45, 7) is 4.15. The molecule has 0 radical (unpaired) electrons. The quantitative estimate of drug-likeness (QED) is 0.872. The molecule has 0 heterocycles. The third-order valence-corrected chi connectivity index (χ3v) is 5.55. The van der Waals surface area contributed by atoms with Crippen molar-refractivity contribution in [1.29, 1.82) is 0 Å². The van der Waals surface area contributed by atoms with Gasteiger partial charge < -0.3 is 9.84 Å². The van der Waals surface area contributed by atoms with E-state index in [-0.39, 0.29) is 28.7 Å². The lowest BCUT2D eigenvalue weighted by molar-refractivity contribution is 0.280. The molecule has 2 rings (SSSR count). The first-order valence-corrected chi connectivity index (χ1v) is 8.56. The van der Waals surface area contributed by atoms with Gasteiger partial charge >= 0.3 is 0 Å². The largest absolute Gasteiger partial charge is 0.495 e. The van der Waals surface area contributed by atoms with Gasteiger partial charge in [-0.3, -0.25) is 0 Å². The van der Waals surface area contributed by atoms with Crippen molar-refractivity contribution in [2.75, 3.05) is 7.11 Å². The Kier molecular flexibility index (Phi) is 4.60. The molecule has 21 heavy (non-hydrogen) atoms. The van der Waals surface area contributed by atoms with Gasteiger partial charge in [0.05, 0.1) is 13.7 Å². The van der Waals surface area contributed by atoms with Gasteiger partial charge in [0.1, 0.15) is 10.6 Å². The van der Waals surface area contributed by atoms with Crippen LogP contribution in [-0.4, -0.2) is 26.7 Å². The Labute approximate surface area is 126 Å². The minimum atomic E-state index is -3.62. The van der Waals surface area contributed by atoms with Crippen molar-refractivity contribution in [3.05, 3.63) is 23.8 Å². The fraction of sp³-hybridized carbons (Fsp3) is 0.600. The van der Waals surface area contributed by atoms with Gasteiger partial charge in [-0.05, 0) is 42.4 Å². The van der Waals surface area contributed by atoms with E-state index >= 15 is 0 Å². The van der Waals surface area contributed by atoms with E-state index < -0.39 is 10.0 Å². The van der Waals surface area contributed by atoms with Crippen LogP contribution >= 0.6 is 0 Å². The van der Waals surface area contributed by atoms with Crippen LogP contribution in [0.4, 0.5) is 0 Å². The standard InChI is InChI=1S/C15H23NO4S/c1-15(2)7-6-12(9-15)16-21(18,19)14-5-4-11(10-17)8-13(14)20-3/h4-5,8,12,16-17H,6-7,9-10H2,1-3H3. The third-order valence-electron chi connectivity index (χ3n) is 3.99. The fourth-order valence-electron chi connectivity index (χ4n) is 2.85. The number of nitrogens with one attached hydrogen (secondary N) is 1. The number of benzene rings is 1. The van der Waals surface area contributed by atoms with Gasteiger partial charge in [-0.25, -0.2) is 13.1 Å². The average Bonchev–Trinajstić information content (AvgIpc) is 2.76. The van der Waals surface area contributed by atoms with Crippen molar-refractivity contribution < 1.29 is 18.3 Å². The summed E-state index contributed by atoms with van der Waals surface area (Å²) in [5, 5.41) is 9.12. The van der Waals surface area contributed by atoms with Crippen molar-refractivity contribution in [3.63, 3.8) is 0 Å². The monoisotopic (exact) mass is 313 g/mol. The molecule has 0 amide bonds. The lowest BCUT2D eigenvalue weighted by Crippen LogP contribution is -2.33. The van der Waals surface area contributed by atoms with E-state index in [0.29, 0.717) is 5.56 Å². The van der Waals surface area contributed by atoms with Crippen molar-refractivity contribution in [1.82, 2.24) is 4.72 Å². The Morgan fingerprint density at radius 3 is 2.67 bits per heavy atom. The summed E-state index contributed by atoms with van der Waals surface area (Å²) >= 11 is 0. The molecule has 2 N–H and O–H groups in total. The van der Waals surface area contributed by atoms with E-state index in [1.165, 1.54) is 13.2 Å². The highest BCUT2D eigenvalue weighted by Crippen LogP contribution is 2.37. The van der Waals surface area contributed by atoms with Crippen molar-refractivity contribution >= 4 is 10.0 Å². The molecule has 1 aliphatic rings. The minimum absolute atomic E-state index is 0.0350. The van der Waals surface area contributed by atoms with Crippen molar-refractivity contribution in [2.45, 2.75) is 50.7 Å². The van der Waals surface area contributed by atoms with E-state index in [1.54, 1.807) is 12.1 Å². The molecule has 0 bridgehead atoms. The topological polar surface area (TPSA) is 75.6 Å². The van der Waals surface area contributed by atoms with Crippen LogP contribution < -0.4 is 9.46 Å². The maximum Gasteiger partial charge on any atom is 0.244 e. The number of aliphatic hydroxyl groups is 1. The van der Waals surface area contributed by atoms with Crippen molar-refractivity contribution in [2.24, 2.45) is 5.41 Å². The predicted molar refractivity (Wildman–Crippen MR) is 80.7 cm³/mol. The van der Waals surface area contributed by atoms with Gasteiger partial charge in [-0.15, -0.1) is 0 Å². The summed E-state index contributed by atoms with van der Waals surface area (Å²) in [5.74, 6) is 0.256. The molecule has 1 atom stereocenters. The first kappa shape index (κ1) is 16.3. The molecule has 0 aliphatic heterocycles. The number of hydrogen-bond acceptors (Lipinski definition) is 4. The highest BCUT2D eigenvalue weighted by molar-refractivity contribution is 7.89. The molecule has 1 saturated carbocycles. The third kappa shape index (κ3) is 3.75. The predicted octanol–water partition coefficient (Wildman–Crippen LogP) is 2.04. The number of sulfonamides is 1. The first-order chi connectivity index (χ1) is 9.77. The van der Waals surface area contributed by atoms with Crippen LogP contribution in [-0.2, 0) is 16.6 Å². The zero-order valence-corrected chi connectivity index (χ0v) is 13.5. The second-order valence-corrected chi connectivity index (χ2v) is 8.05. The van der Waals surface area contributed by atoms with E-state index in [0.717, 1.165) is 19.3 Å². The minimum Gasteiger partial charge on any atom is -0.495 e. The molecule has 6 heteroatoms. The summed E-state index contributed by atoms with van der Waals surface area (Å²) in [6, 6.07) is 4.59. The van der Waals surface area contributed by atoms with Crippen LogP contribution in [0.1, 0.15) is 38.7 Å². The molecule has 118 valence electrons. The molecule has 0 spiro atoms. The van der Waals surface area contributed by atoms with Crippen LogP contribution in [0.5, 0.6) is 5.75 Å². The van der Waals surface area contributed by atoms with Crippen LogP contribution in [0, 0.1) is 5.41 Å². The normalized spacial score (nSPS) is 21.4. The van der Waals surface area contributed by atoms with Crippen molar-refractivity contribution in [3.8, 4) is 5.75 Å². The van der Waals surface area contributed by atoms with E-state index in [4.69, 9.17) is 9.84 Å². The summed E-state index contributed by atoms with van der Waals surface area (Å²) in [5.41, 5.74) is 0.797. The molecule has 1 unspecified atom stereocenters. The van der Waals surface area contributed by atoms with Crippen LogP contribution in [0.15, 0.2) is 23.1 Å². The zero-order valence-electron chi connectivity index (χ0n) is 12.7. The molecular weight excluding hydrogens is 290 g/mol. The molecule has 0 aromatic heterocycles. The Bertz CT molecular complexity index is 610. The van der Waals surface area contributed by atoms with Crippen LogP contribution in [0.25, 0.3) is 0 Å². The summed E-state index contributed by atoms with van der Waals surface area (Å²) in [6.07, 6.45) is 2.70. The van der Waals surface area contributed by atoms with Crippen LogP contribution in [0.2, 0.25) is 0 Å². The second kappa shape index (κ2) is 5.94. The smallest absolute Gasteiger partial charge is 0.244 e. The molecule has 1 aromatic carbocycles. The Hall–Kier alpha value is -1.11. The molecular formula is C15H23NO4S. The Morgan fingerprint density at radius 2 is 2.14 bits per heavy atom. The molecule has 5 nitrogen and oxygen atoms in total. The maximum atomic E-state index is 12.5. The number of aliphatic hydroxyl groups excluding tert-OH is 1. The highest BCUT2D eigenvalue weighted by atomic mass is 32.2. The molecule has 1 aromatic rings. The van der Waals surface area contributed by atoms with Crippen LogP contribution in [0.3, 0.4) is 0 Å². The Balaban J connectivity index is 2.24. The maximum absolute atomic E-state index is 12.5. The number of methoxy groups -OCH3 is 1.